The zero-order chi connectivity index (χ0) is 15.0. The van der Waals surface area contributed by atoms with Crippen LogP contribution in [0.1, 0.15) is 28.7 Å². The van der Waals surface area contributed by atoms with Gasteiger partial charge >= 0.3 is 11.9 Å². The Balaban J connectivity index is 1.78. The fraction of sp³-hybridized carbons (Fsp3) is 0.357. The number of carbonyl (C=O) groups excluding carboxylic acids is 2. The van der Waals surface area contributed by atoms with Gasteiger partial charge in [0.2, 0.25) is 6.10 Å². The Morgan fingerprint density at radius 1 is 1.52 bits per heavy atom. The molecule has 2 unspecified atom stereocenters. The summed E-state index contributed by atoms with van der Waals surface area (Å²) in [6.07, 6.45) is -0.612. The number of hydrogen-bond donors (Lipinski definition) is 0. The number of cyclic esters (lactones) is 1. The smallest absolute Gasteiger partial charge is 0.351 e. The molecule has 1 fully saturated rings. The van der Waals surface area contributed by atoms with Crippen LogP contribution in [-0.2, 0) is 14.3 Å². The highest BCUT2D eigenvalue weighted by molar-refractivity contribution is 7.22. The highest BCUT2D eigenvalue weighted by Crippen LogP contribution is 2.32. The second-order valence-corrected chi connectivity index (χ2v) is 6.73. The molecule has 1 aliphatic heterocycles. The van der Waals surface area contributed by atoms with Crippen molar-refractivity contribution in [3.63, 3.8) is 0 Å². The van der Waals surface area contributed by atoms with E-state index in [2.05, 4.69) is 4.98 Å². The van der Waals surface area contributed by atoms with Gasteiger partial charge in [-0.15, -0.1) is 22.7 Å². The summed E-state index contributed by atoms with van der Waals surface area (Å²) in [5.74, 6) is -0.986. The summed E-state index contributed by atoms with van der Waals surface area (Å²) < 4.78 is 10.2. The van der Waals surface area contributed by atoms with Gasteiger partial charge in [0.1, 0.15) is 16.0 Å². The maximum absolute atomic E-state index is 12.2. The lowest BCUT2D eigenvalue weighted by Crippen LogP contribution is -2.22. The third-order valence-corrected chi connectivity index (χ3v) is 5.27. The normalized spacial score (nSPS) is 21.3. The molecule has 0 N–H and O–H groups in total. The summed E-state index contributed by atoms with van der Waals surface area (Å²) in [6.45, 7) is 3.54. The molecule has 1 aliphatic rings. The molecule has 0 aliphatic carbocycles. The van der Waals surface area contributed by atoms with Crippen molar-refractivity contribution in [3.8, 4) is 9.88 Å². The predicted octanol–water partition coefficient (Wildman–Crippen LogP) is 3.04. The number of esters is 2. The van der Waals surface area contributed by atoms with Crippen LogP contribution in [0.2, 0.25) is 0 Å². The Labute approximate surface area is 129 Å². The number of ether oxygens (including phenoxy) is 2. The second kappa shape index (κ2) is 5.57. The molecule has 3 heterocycles. The van der Waals surface area contributed by atoms with Gasteiger partial charge in [-0.25, -0.2) is 14.6 Å². The number of carbonyl (C=O) groups is 2. The van der Waals surface area contributed by atoms with Crippen molar-refractivity contribution >= 4 is 34.6 Å². The molecular formula is C14H13NO4S2. The lowest BCUT2D eigenvalue weighted by Gasteiger charge is -2.06. The van der Waals surface area contributed by atoms with E-state index in [0.29, 0.717) is 17.0 Å². The van der Waals surface area contributed by atoms with Gasteiger partial charge in [0.25, 0.3) is 0 Å². The van der Waals surface area contributed by atoms with Gasteiger partial charge in [-0.3, -0.25) is 0 Å². The Morgan fingerprint density at radius 2 is 2.33 bits per heavy atom. The van der Waals surface area contributed by atoms with Crippen molar-refractivity contribution in [1.82, 2.24) is 4.98 Å². The Hall–Kier alpha value is -1.73. The molecule has 3 rings (SSSR count). The van der Waals surface area contributed by atoms with E-state index in [1.807, 2.05) is 17.5 Å². The average Bonchev–Trinajstić information content (AvgIpc) is 3.11. The number of rotatable bonds is 3. The van der Waals surface area contributed by atoms with Gasteiger partial charge in [-0.05, 0) is 25.3 Å². The fourth-order valence-electron chi connectivity index (χ4n) is 2.09. The number of hydrogen-bond acceptors (Lipinski definition) is 7. The van der Waals surface area contributed by atoms with Crippen molar-refractivity contribution in [2.24, 2.45) is 0 Å². The van der Waals surface area contributed by atoms with E-state index >= 15 is 0 Å². The maximum Gasteiger partial charge on any atom is 0.351 e. The van der Waals surface area contributed by atoms with Crippen LogP contribution in [0.25, 0.3) is 9.88 Å². The van der Waals surface area contributed by atoms with Crippen LogP contribution in [0, 0.1) is 6.92 Å². The van der Waals surface area contributed by atoms with E-state index in [-0.39, 0.29) is 6.10 Å². The Morgan fingerprint density at radius 3 is 2.95 bits per heavy atom. The number of aromatic nitrogens is 1. The van der Waals surface area contributed by atoms with E-state index in [1.165, 1.54) is 11.3 Å². The van der Waals surface area contributed by atoms with E-state index < -0.39 is 18.0 Å². The van der Waals surface area contributed by atoms with Crippen LogP contribution in [0.3, 0.4) is 0 Å². The highest BCUT2D eigenvalue weighted by Gasteiger charge is 2.36. The van der Waals surface area contributed by atoms with Gasteiger partial charge in [-0.2, -0.15) is 0 Å². The van der Waals surface area contributed by atoms with Gasteiger partial charge < -0.3 is 9.47 Å². The molecule has 2 aromatic heterocycles. The lowest BCUT2D eigenvalue weighted by atomic mass is 10.2. The highest BCUT2D eigenvalue weighted by atomic mass is 32.1. The topological polar surface area (TPSA) is 65.5 Å². The molecule has 7 heteroatoms. The van der Waals surface area contributed by atoms with E-state index in [9.17, 15) is 9.59 Å². The first-order chi connectivity index (χ1) is 10.0. The maximum atomic E-state index is 12.2. The van der Waals surface area contributed by atoms with Gasteiger partial charge in [0.15, 0.2) is 0 Å². The first-order valence-corrected chi connectivity index (χ1v) is 8.17. The molecule has 0 saturated carbocycles. The van der Waals surface area contributed by atoms with Crippen LogP contribution < -0.4 is 0 Å². The lowest BCUT2D eigenvalue weighted by molar-refractivity contribution is -0.147. The first kappa shape index (κ1) is 14.2. The SMILES string of the molecule is Cc1nc(-c2cccs2)sc1C(=O)OC1CC(C)OC1=O. The van der Waals surface area contributed by atoms with Crippen LogP contribution in [0.15, 0.2) is 17.5 Å². The van der Waals surface area contributed by atoms with Gasteiger partial charge in [-0.1, -0.05) is 6.07 Å². The van der Waals surface area contributed by atoms with Crippen LogP contribution in [0.4, 0.5) is 0 Å². The van der Waals surface area contributed by atoms with Crippen molar-refractivity contribution in [3.05, 3.63) is 28.1 Å². The Bertz CT molecular complexity index is 677. The summed E-state index contributed by atoms with van der Waals surface area (Å²) in [6, 6.07) is 3.89. The molecule has 0 radical (unpaired) electrons. The zero-order valence-corrected chi connectivity index (χ0v) is 13.1. The van der Waals surface area contributed by atoms with E-state index in [0.717, 1.165) is 9.88 Å². The minimum absolute atomic E-state index is 0.209. The monoisotopic (exact) mass is 323 g/mol. The molecule has 110 valence electrons. The number of aryl methyl sites for hydroxylation is 1. The minimum atomic E-state index is -0.806. The van der Waals surface area contributed by atoms with Crippen LogP contribution in [0.5, 0.6) is 0 Å². The van der Waals surface area contributed by atoms with Crippen molar-refractivity contribution < 1.29 is 19.1 Å². The average molecular weight is 323 g/mol. The summed E-state index contributed by atoms with van der Waals surface area (Å²) >= 11 is 2.85. The van der Waals surface area contributed by atoms with E-state index in [1.54, 1.807) is 25.2 Å². The fourth-order valence-corrected chi connectivity index (χ4v) is 3.84. The van der Waals surface area contributed by atoms with Gasteiger partial charge in [0, 0.05) is 6.42 Å². The number of thiazole rings is 1. The first-order valence-electron chi connectivity index (χ1n) is 6.47. The molecule has 0 bridgehead atoms. The van der Waals surface area contributed by atoms with Crippen LogP contribution in [-0.4, -0.2) is 29.1 Å². The van der Waals surface area contributed by atoms with E-state index in [4.69, 9.17) is 9.47 Å². The molecule has 1 saturated heterocycles. The van der Waals surface area contributed by atoms with Crippen molar-refractivity contribution in [2.45, 2.75) is 32.5 Å². The summed E-state index contributed by atoms with van der Waals surface area (Å²) in [5, 5.41) is 2.75. The molecule has 2 atom stereocenters. The molecule has 21 heavy (non-hydrogen) atoms. The summed E-state index contributed by atoms with van der Waals surface area (Å²) in [5.41, 5.74) is 0.618. The third kappa shape index (κ3) is 2.84. The molecule has 5 nitrogen and oxygen atoms in total. The molecule has 0 aromatic carbocycles. The molecule has 2 aromatic rings. The molecule has 0 spiro atoms. The zero-order valence-electron chi connectivity index (χ0n) is 11.5. The second-order valence-electron chi connectivity index (χ2n) is 4.79. The summed E-state index contributed by atoms with van der Waals surface area (Å²) in [4.78, 5) is 29.6. The molecule has 0 amide bonds. The summed E-state index contributed by atoms with van der Waals surface area (Å²) in [7, 11) is 0. The molecular weight excluding hydrogens is 310 g/mol. The standard InChI is InChI=1S/C14H13NO4S2/c1-7-6-9(13(16)18-7)19-14(17)11-8(2)15-12(21-11)10-4-3-5-20-10/h3-5,7,9H,6H2,1-2H3. The number of thiophene rings is 1. The van der Waals surface area contributed by atoms with Crippen LogP contribution >= 0.6 is 22.7 Å². The largest absolute Gasteiger partial charge is 0.460 e. The number of nitrogens with zero attached hydrogens (tertiary/aromatic N) is 1. The van der Waals surface area contributed by atoms with Crippen molar-refractivity contribution in [1.29, 1.82) is 0 Å². The Kier molecular flexibility index (Phi) is 3.77. The van der Waals surface area contributed by atoms with Gasteiger partial charge in [0.05, 0.1) is 10.6 Å². The van der Waals surface area contributed by atoms with Crippen molar-refractivity contribution in [2.75, 3.05) is 0 Å². The predicted molar refractivity (Wildman–Crippen MR) is 79.5 cm³/mol. The quantitative estimate of drug-likeness (QED) is 0.812. The third-order valence-electron chi connectivity index (χ3n) is 3.09. The minimum Gasteiger partial charge on any atom is -0.460 e.